The van der Waals surface area contributed by atoms with Crippen molar-refractivity contribution in [3.63, 3.8) is 0 Å². The minimum Gasteiger partial charge on any atom is -0.496 e. The van der Waals surface area contributed by atoms with Crippen molar-refractivity contribution in [3.8, 4) is 45.4 Å². The highest BCUT2D eigenvalue weighted by molar-refractivity contribution is 7.89. The summed E-state index contributed by atoms with van der Waals surface area (Å²) in [5.74, 6) is -1.44. The van der Waals surface area contributed by atoms with E-state index in [9.17, 15) is 52.0 Å². The molecule has 12 nitrogen and oxygen atoms in total. The van der Waals surface area contributed by atoms with Crippen molar-refractivity contribution in [2.24, 2.45) is 10.3 Å². The van der Waals surface area contributed by atoms with E-state index in [1.54, 1.807) is 0 Å². The maximum atomic E-state index is 14.0. The average molecular weight is 831 g/mol. The van der Waals surface area contributed by atoms with Gasteiger partial charge in [0.15, 0.2) is 23.0 Å². The Balaban J connectivity index is 0.000000214. The number of methoxy groups -OCH3 is 2. The van der Waals surface area contributed by atoms with Gasteiger partial charge >= 0.3 is 12.4 Å². The number of alkyl halides is 6. The average Bonchev–Trinajstić information content (AvgIpc) is 3.78. The van der Waals surface area contributed by atoms with Crippen molar-refractivity contribution < 1.29 is 61.4 Å². The van der Waals surface area contributed by atoms with E-state index in [1.165, 1.54) is 56.7 Å². The molecule has 0 bridgehead atoms. The van der Waals surface area contributed by atoms with Crippen LogP contribution in [0.25, 0.3) is 33.9 Å². The van der Waals surface area contributed by atoms with Gasteiger partial charge in [-0.2, -0.15) is 36.5 Å². The third-order valence-corrected chi connectivity index (χ3v) is 9.56. The van der Waals surface area contributed by atoms with Crippen molar-refractivity contribution in [2.75, 3.05) is 14.2 Å². The monoisotopic (exact) mass is 830 g/mol. The van der Waals surface area contributed by atoms with Crippen LogP contribution in [-0.4, -0.2) is 50.6 Å². The molecule has 0 saturated heterocycles. The smallest absolute Gasteiger partial charge is 0.435 e. The van der Waals surface area contributed by atoms with Crippen LogP contribution >= 0.6 is 0 Å². The van der Waals surface area contributed by atoms with Gasteiger partial charge in [-0.15, -0.1) is 0 Å². The number of benzene rings is 4. The zero-order valence-electron chi connectivity index (χ0n) is 28.5. The van der Waals surface area contributed by atoms with Crippen LogP contribution in [-0.2, 0) is 32.4 Å². The van der Waals surface area contributed by atoms with Crippen LogP contribution in [0.2, 0.25) is 0 Å². The van der Waals surface area contributed by atoms with E-state index in [2.05, 4.69) is 10.2 Å². The van der Waals surface area contributed by atoms with E-state index in [-0.39, 0.29) is 55.2 Å². The molecule has 0 aliphatic heterocycles. The highest BCUT2D eigenvalue weighted by atomic mass is 32.2. The third kappa shape index (κ3) is 9.16. The third-order valence-electron chi connectivity index (χ3n) is 7.71. The van der Waals surface area contributed by atoms with Crippen LogP contribution in [0, 0.1) is 11.6 Å². The zero-order chi connectivity index (χ0) is 41.4. The summed E-state index contributed by atoms with van der Waals surface area (Å²) in [5, 5.41) is 17.2. The molecular formula is C34H26F8N6O6S2. The van der Waals surface area contributed by atoms with Crippen molar-refractivity contribution in [1.29, 1.82) is 0 Å². The zero-order valence-corrected chi connectivity index (χ0v) is 30.1. The number of aromatic nitrogens is 4. The first-order valence-corrected chi connectivity index (χ1v) is 18.4. The largest absolute Gasteiger partial charge is 0.496 e. The first-order valence-electron chi connectivity index (χ1n) is 15.3. The molecule has 0 saturated carbocycles. The lowest BCUT2D eigenvalue weighted by Crippen LogP contribution is -2.12. The molecule has 2 heterocycles. The van der Waals surface area contributed by atoms with Gasteiger partial charge in [-0.05, 0) is 91.0 Å². The lowest BCUT2D eigenvalue weighted by Gasteiger charge is -2.11. The summed E-state index contributed by atoms with van der Waals surface area (Å²) in [6, 6.07) is 18.2. The summed E-state index contributed by atoms with van der Waals surface area (Å²) in [6.07, 6.45) is -9.46. The molecule has 2 aromatic heterocycles. The molecule has 0 radical (unpaired) electrons. The quantitative estimate of drug-likeness (QED) is 0.159. The molecule has 6 rings (SSSR count). The summed E-state index contributed by atoms with van der Waals surface area (Å²) >= 11 is 0. The topological polar surface area (TPSA) is 174 Å². The van der Waals surface area contributed by atoms with E-state index in [1.807, 2.05) is 0 Å². The Bertz CT molecular complexity index is 2610. The van der Waals surface area contributed by atoms with Gasteiger partial charge in [0.05, 0.1) is 46.8 Å². The predicted molar refractivity (Wildman–Crippen MR) is 184 cm³/mol. The van der Waals surface area contributed by atoms with E-state index >= 15 is 0 Å². The number of hydrogen-bond donors (Lipinski definition) is 2. The Hall–Kier alpha value is -5.84. The second-order valence-electron chi connectivity index (χ2n) is 11.4. The van der Waals surface area contributed by atoms with Gasteiger partial charge < -0.3 is 9.47 Å². The summed E-state index contributed by atoms with van der Waals surface area (Å²) in [4.78, 5) is -0.420. The van der Waals surface area contributed by atoms with Crippen molar-refractivity contribution in [1.82, 2.24) is 19.6 Å². The summed E-state index contributed by atoms with van der Waals surface area (Å²) in [6.45, 7) is 0. The summed E-state index contributed by atoms with van der Waals surface area (Å²) < 4.78 is 164. The van der Waals surface area contributed by atoms with Crippen LogP contribution in [0.4, 0.5) is 35.1 Å². The molecule has 0 spiro atoms. The lowest BCUT2D eigenvalue weighted by molar-refractivity contribution is -0.142. The van der Waals surface area contributed by atoms with Gasteiger partial charge in [0, 0.05) is 17.2 Å². The van der Waals surface area contributed by atoms with Crippen molar-refractivity contribution >= 4 is 20.0 Å². The van der Waals surface area contributed by atoms with E-state index < -0.39 is 55.4 Å². The Morgan fingerprint density at radius 2 is 1.02 bits per heavy atom. The van der Waals surface area contributed by atoms with Gasteiger partial charge in [0.1, 0.15) is 11.6 Å². The molecule has 0 amide bonds. The highest BCUT2D eigenvalue weighted by Gasteiger charge is 2.36. The molecule has 0 fully saturated rings. The van der Waals surface area contributed by atoms with Crippen LogP contribution in [0.3, 0.4) is 0 Å². The second-order valence-corrected chi connectivity index (χ2v) is 14.5. The molecule has 0 unspecified atom stereocenters. The van der Waals surface area contributed by atoms with E-state index in [4.69, 9.17) is 19.8 Å². The lowest BCUT2D eigenvalue weighted by atomic mass is 10.1. The first kappa shape index (κ1) is 41.3. The molecule has 0 aliphatic carbocycles. The molecular weight excluding hydrogens is 805 g/mol. The minimum atomic E-state index is -4.73. The van der Waals surface area contributed by atoms with Crippen LogP contribution in [0.1, 0.15) is 11.4 Å². The van der Waals surface area contributed by atoms with Gasteiger partial charge in [-0.25, -0.2) is 45.3 Å². The normalized spacial score (nSPS) is 12.2. The number of halogens is 8. The van der Waals surface area contributed by atoms with Gasteiger partial charge in [-0.1, -0.05) is 0 Å². The van der Waals surface area contributed by atoms with E-state index in [0.717, 1.165) is 64.0 Å². The first-order chi connectivity index (χ1) is 26.0. The molecule has 4 aromatic carbocycles. The Kier molecular flexibility index (Phi) is 11.3. The van der Waals surface area contributed by atoms with Gasteiger partial charge in [0.2, 0.25) is 20.0 Å². The predicted octanol–water partition coefficient (Wildman–Crippen LogP) is 6.71. The number of hydrogen-bond acceptors (Lipinski definition) is 8. The number of sulfonamides is 2. The summed E-state index contributed by atoms with van der Waals surface area (Å²) in [5.41, 5.74) is -1.86. The van der Waals surface area contributed by atoms with Crippen molar-refractivity contribution in [2.45, 2.75) is 22.1 Å². The molecule has 296 valence electrons. The van der Waals surface area contributed by atoms with Crippen LogP contribution < -0.4 is 19.8 Å². The fourth-order valence-electron chi connectivity index (χ4n) is 5.09. The number of rotatable bonds is 8. The molecule has 22 heteroatoms. The Morgan fingerprint density at radius 3 is 1.43 bits per heavy atom. The van der Waals surface area contributed by atoms with E-state index in [0.29, 0.717) is 0 Å². The number of nitrogens with zero attached hydrogens (tertiary/aromatic N) is 4. The fourth-order valence-corrected chi connectivity index (χ4v) is 6.12. The highest BCUT2D eigenvalue weighted by Crippen LogP contribution is 2.38. The van der Waals surface area contributed by atoms with Crippen LogP contribution in [0.15, 0.2) is 107 Å². The fraction of sp³-hybridized carbons (Fsp3) is 0.118. The molecule has 0 aliphatic rings. The summed E-state index contributed by atoms with van der Waals surface area (Å²) in [7, 11) is -5.42. The SMILES string of the molecule is COc1cc(F)ccc1-c1cc(C(F)(F)F)nn1-c1ccc(S(N)(=O)=O)cc1.COc1ccc(-c2cc(C(F)(F)F)nn2-c2ccc(S(N)(=O)=O)cc2)cc1F. The maximum Gasteiger partial charge on any atom is 0.435 e. The molecule has 0 atom stereocenters. The minimum absolute atomic E-state index is 0.0102. The van der Waals surface area contributed by atoms with Gasteiger partial charge in [0.25, 0.3) is 0 Å². The second kappa shape index (κ2) is 15.4. The van der Waals surface area contributed by atoms with Gasteiger partial charge in [-0.3, -0.25) is 0 Å². The Labute approximate surface area is 312 Å². The van der Waals surface area contributed by atoms with Crippen molar-refractivity contribution in [3.05, 3.63) is 120 Å². The number of ether oxygens (including phenoxy) is 2. The Morgan fingerprint density at radius 1 is 0.571 bits per heavy atom. The number of primary sulfonamides is 2. The molecule has 56 heavy (non-hydrogen) atoms. The maximum absolute atomic E-state index is 14.0. The number of nitrogens with two attached hydrogens (primary N) is 2. The molecule has 6 aromatic rings. The van der Waals surface area contributed by atoms with Crippen LogP contribution in [0.5, 0.6) is 11.5 Å². The molecule has 4 N–H and O–H groups in total. The standard InChI is InChI=1S/2C17H13F4N3O3S/c1-27-15-7-2-10(8-13(15)18)14-9-16(17(19,20)21)23-24(14)11-3-5-12(6-4-11)28(22,25)26;1-27-15-8-10(18)2-7-13(15)14-9-16(17(19,20)21)23-24(14)11-3-5-12(6-4-11)28(22,25)26/h2*2-9H,1H3,(H2,22,25,26).